The molecule has 0 aliphatic rings. The number of carbonyl (C=O) groups is 1. The van der Waals surface area contributed by atoms with Crippen molar-refractivity contribution < 1.29 is 4.79 Å². The Morgan fingerprint density at radius 2 is 2.10 bits per heavy atom. The van der Waals surface area contributed by atoms with E-state index >= 15 is 0 Å². The number of hydrogen-bond acceptors (Lipinski definition) is 7. The lowest BCUT2D eigenvalue weighted by atomic mass is 10.2. The third kappa shape index (κ3) is 3.93. The smallest absolute Gasteiger partial charge is 0.272 e. The summed E-state index contributed by atoms with van der Waals surface area (Å²) in [6.45, 7) is 2.03. The number of benzene rings is 1. The lowest BCUT2D eigenvalue weighted by molar-refractivity contribution is 0.0924. The Morgan fingerprint density at radius 3 is 2.83 bits per heavy atom. The summed E-state index contributed by atoms with van der Waals surface area (Å²) in [6.07, 6.45) is 0. The molecule has 29 heavy (non-hydrogen) atoms. The molecule has 2 N–H and O–H groups in total. The minimum absolute atomic E-state index is 0.0621. The van der Waals surface area contributed by atoms with Crippen LogP contribution in [0.1, 0.15) is 16.1 Å². The van der Waals surface area contributed by atoms with E-state index in [1.165, 1.54) is 27.8 Å². The first-order valence-corrected chi connectivity index (χ1v) is 10.9. The molecule has 1 aromatic carbocycles. The SMILES string of the molecule is Cc1cc(N)nn1C(=O)CSc1nc2ccsc2c(=O)n1Cc1ccccc1Cl. The Morgan fingerprint density at radius 1 is 1.31 bits per heavy atom. The molecule has 4 aromatic rings. The average molecular weight is 446 g/mol. The second kappa shape index (κ2) is 8.02. The number of thioether (sulfide) groups is 1. The lowest BCUT2D eigenvalue weighted by Gasteiger charge is -2.13. The van der Waals surface area contributed by atoms with Gasteiger partial charge in [-0.3, -0.25) is 14.2 Å². The summed E-state index contributed by atoms with van der Waals surface area (Å²) in [5.41, 5.74) is 7.58. The van der Waals surface area contributed by atoms with Gasteiger partial charge in [0, 0.05) is 16.8 Å². The molecule has 0 saturated heterocycles. The van der Waals surface area contributed by atoms with Gasteiger partial charge in [-0.15, -0.1) is 16.4 Å². The molecule has 148 valence electrons. The van der Waals surface area contributed by atoms with Gasteiger partial charge in [-0.25, -0.2) is 9.67 Å². The van der Waals surface area contributed by atoms with Crippen molar-refractivity contribution in [2.75, 3.05) is 11.5 Å². The van der Waals surface area contributed by atoms with Crippen LogP contribution in [0.3, 0.4) is 0 Å². The van der Waals surface area contributed by atoms with Gasteiger partial charge in [-0.1, -0.05) is 41.6 Å². The molecule has 0 bridgehead atoms. The molecule has 0 aliphatic heterocycles. The van der Waals surface area contributed by atoms with E-state index in [-0.39, 0.29) is 29.6 Å². The number of thiophene rings is 1. The fraction of sp³-hybridized carbons (Fsp3) is 0.158. The topological polar surface area (TPSA) is 95.8 Å². The molecule has 0 radical (unpaired) electrons. The molecule has 0 fully saturated rings. The summed E-state index contributed by atoms with van der Waals surface area (Å²) in [7, 11) is 0. The van der Waals surface area contributed by atoms with Crippen molar-refractivity contribution in [1.82, 2.24) is 19.3 Å². The van der Waals surface area contributed by atoms with Gasteiger partial charge in [-0.2, -0.15) is 0 Å². The second-order valence-corrected chi connectivity index (χ2v) is 8.58. The van der Waals surface area contributed by atoms with E-state index < -0.39 is 0 Å². The highest BCUT2D eigenvalue weighted by Crippen LogP contribution is 2.24. The molecule has 0 spiro atoms. The van der Waals surface area contributed by atoms with Crippen molar-refractivity contribution in [1.29, 1.82) is 0 Å². The molecular weight excluding hydrogens is 430 g/mol. The van der Waals surface area contributed by atoms with Crippen molar-refractivity contribution >= 4 is 56.6 Å². The Bertz CT molecular complexity index is 1280. The van der Waals surface area contributed by atoms with Crippen LogP contribution in [0.5, 0.6) is 0 Å². The van der Waals surface area contributed by atoms with Crippen LogP contribution in [0, 0.1) is 6.92 Å². The lowest BCUT2D eigenvalue weighted by Crippen LogP contribution is -2.24. The highest BCUT2D eigenvalue weighted by atomic mass is 35.5. The van der Waals surface area contributed by atoms with Crippen LogP contribution in [0.25, 0.3) is 10.2 Å². The standard InChI is InChI=1S/C19H16ClN5O2S2/c1-11-8-15(21)23-25(11)16(26)10-29-19-22-14-6-7-28-17(14)18(27)24(19)9-12-4-2-3-5-13(12)20/h2-8H,9-10H2,1H3,(H2,21,23). The largest absolute Gasteiger partial charge is 0.382 e. The molecular formula is C19H16ClN5O2S2. The van der Waals surface area contributed by atoms with Gasteiger partial charge in [0.2, 0.25) is 0 Å². The predicted octanol–water partition coefficient (Wildman–Crippen LogP) is 3.68. The fourth-order valence-corrected chi connectivity index (χ4v) is 4.72. The quantitative estimate of drug-likeness (QED) is 0.372. The summed E-state index contributed by atoms with van der Waals surface area (Å²) in [6, 6.07) is 10.8. The number of nitrogens with zero attached hydrogens (tertiary/aromatic N) is 4. The first kappa shape index (κ1) is 19.7. The number of nitrogens with two attached hydrogens (primary N) is 1. The molecule has 0 atom stereocenters. The molecule has 7 nitrogen and oxygen atoms in total. The van der Waals surface area contributed by atoms with Crippen LogP contribution < -0.4 is 11.3 Å². The average Bonchev–Trinajstić information content (AvgIpc) is 3.29. The number of nitrogen functional groups attached to an aromatic ring is 1. The number of fused-ring (bicyclic) bond motifs is 1. The minimum Gasteiger partial charge on any atom is -0.382 e. The molecule has 0 unspecified atom stereocenters. The monoisotopic (exact) mass is 445 g/mol. The van der Waals surface area contributed by atoms with Crippen LogP contribution in [0.2, 0.25) is 5.02 Å². The van der Waals surface area contributed by atoms with E-state index in [2.05, 4.69) is 10.1 Å². The van der Waals surface area contributed by atoms with Gasteiger partial charge >= 0.3 is 0 Å². The molecule has 10 heteroatoms. The molecule has 0 saturated carbocycles. The maximum atomic E-state index is 13.1. The normalized spacial score (nSPS) is 11.2. The Labute approximate surface area is 179 Å². The maximum Gasteiger partial charge on any atom is 0.272 e. The van der Waals surface area contributed by atoms with E-state index in [1.54, 1.807) is 29.7 Å². The zero-order chi connectivity index (χ0) is 20.5. The van der Waals surface area contributed by atoms with Crippen molar-refractivity contribution in [3.8, 4) is 0 Å². The number of anilines is 1. The van der Waals surface area contributed by atoms with Gasteiger partial charge < -0.3 is 5.73 Å². The van der Waals surface area contributed by atoms with Crippen LogP contribution >= 0.6 is 34.7 Å². The highest BCUT2D eigenvalue weighted by Gasteiger charge is 2.17. The van der Waals surface area contributed by atoms with Crippen molar-refractivity contribution in [3.63, 3.8) is 0 Å². The number of rotatable bonds is 5. The third-order valence-electron chi connectivity index (χ3n) is 4.28. The van der Waals surface area contributed by atoms with Crippen molar-refractivity contribution in [3.05, 3.63) is 68.4 Å². The molecule has 4 rings (SSSR count). The van der Waals surface area contributed by atoms with Crippen LogP contribution in [0.4, 0.5) is 5.82 Å². The van der Waals surface area contributed by atoms with Crippen molar-refractivity contribution in [2.45, 2.75) is 18.6 Å². The summed E-state index contributed by atoms with van der Waals surface area (Å²) >= 11 is 8.82. The van der Waals surface area contributed by atoms with Gasteiger partial charge in [0.1, 0.15) is 10.5 Å². The number of halogens is 1. The summed E-state index contributed by atoms with van der Waals surface area (Å²) in [5.74, 6) is 0.106. The maximum absolute atomic E-state index is 13.1. The summed E-state index contributed by atoms with van der Waals surface area (Å²) in [5, 5.41) is 6.86. The van der Waals surface area contributed by atoms with E-state index in [4.69, 9.17) is 17.3 Å². The Hall–Kier alpha value is -2.62. The van der Waals surface area contributed by atoms with E-state index in [0.717, 1.165) is 5.56 Å². The van der Waals surface area contributed by atoms with Crippen LogP contribution in [-0.2, 0) is 6.54 Å². The number of carbonyl (C=O) groups excluding carboxylic acids is 1. The number of aromatic nitrogens is 4. The summed E-state index contributed by atoms with van der Waals surface area (Å²) in [4.78, 5) is 30.2. The van der Waals surface area contributed by atoms with E-state index in [1.807, 2.05) is 23.6 Å². The zero-order valence-corrected chi connectivity index (χ0v) is 17.7. The van der Waals surface area contributed by atoms with Gasteiger partial charge in [0.25, 0.3) is 11.5 Å². The third-order valence-corrected chi connectivity index (χ3v) is 6.51. The van der Waals surface area contributed by atoms with Gasteiger partial charge in [-0.05, 0) is 30.0 Å². The molecule has 3 heterocycles. The van der Waals surface area contributed by atoms with Gasteiger partial charge in [0.05, 0.1) is 17.8 Å². The first-order chi connectivity index (χ1) is 13.9. The fourth-order valence-electron chi connectivity index (χ4n) is 2.91. The van der Waals surface area contributed by atoms with Crippen LogP contribution in [-0.4, -0.2) is 31.0 Å². The second-order valence-electron chi connectivity index (χ2n) is 6.32. The Kier molecular flexibility index (Phi) is 5.44. The minimum atomic E-state index is -0.242. The molecule has 3 aromatic heterocycles. The molecule has 0 amide bonds. The highest BCUT2D eigenvalue weighted by molar-refractivity contribution is 7.99. The predicted molar refractivity (Wildman–Crippen MR) is 117 cm³/mol. The molecule has 0 aliphatic carbocycles. The summed E-state index contributed by atoms with van der Waals surface area (Å²) < 4.78 is 3.40. The van der Waals surface area contributed by atoms with Crippen molar-refractivity contribution in [2.24, 2.45) is 0 Å². The van der Waals surface area contributed by atoms with E-state index in [9.17, 15) is 9.59 Å². The number of hydrogen-bond donors (Lipinski definition) is 1. The first-order valence-electron chi connectivity index (χ1n) is 8.63. The van der Waals surface area contributed by atoms with Gasteiger partial charge in [0.15, 0.2) is 5.16 Å². The Balaban J connectivity index is 1.69. The number of aryl methyl sites for hydroxylation is 1. The van der Waals surface area contributed by atoms with E-state index in [0.29, 0.717) is 26.1 Å². The zero-order valence-electron chi connectivity index (χ0n) is 15.3. The van der Waals surface area contributed by atoms with Crippen LogP contribution in [0.15, 0.2) is 51.7 Å².